The molecule has 1 saturated heterocycles. The highest BCUT2D eigenvalue weighted by atomic mass is 16.5. The van der Waals surface area contributed by atoms with Crippen molar-refractivity contribution in [2.45, 2.75) is 57.7 Å². The van der Waals surface area contributed by atoms with Crippen molar-refractivity contribution >= 4 is 22.6 Å². The highest BCUT2D eigenvalue weighted by Crippen LogP contribution is 2.45. The molecule has 0 unspecified atom stereocenters. The molecule has 3 aromatic rings. The van der Waals surface area contributed by atoms with E-state index < -0.39 is 0 Å². The summed E-state index contributed by atoms with van der Waals surface area (Å²) in [7, 11) is 0. The van der Waals surface area contributed by atoms with Gasteiger partial charge in [0.1, 0.15) is 17.9 Å². The van der Waals surface area contributed by atoms with Crippen molar-refractivity contribution in [2.24, 2.45) is 0 Å². The van der Waals surface area contributed by atoms with E-state index in [2.05, 4.69) is 27.3 Å². The van der Waals surface area contributed by atoms with Crippen LogP contribution in [0.4, 0.5) is 10.5 Å². The molecule has 7 nitrogen and oxygen atoms in total. The number of anilines is 1. The van der Waals surface area contributed by atoms with E-state index in [1.807, 2.05) is 50.2 Å². The second kappa shape index (κ2) is 9.40. The summed E-state index contributed by atoms with van der Waals surface area (Å²) in [6.45, 7) is 5.31. The number of hydrogen-bond donors (Lipinski definition) is 2. The van der Waals surface area contributed by atoms with Crippen molar-refractivity contribution in [3.8, 4) is 23.1 Å². The minimum atomic E-state index is -0.232. The first-order chi connectivity index (χ1) is 16.5. The number of nitriles is 1. The molecule has 2 fully saturated rings. The SMILES string of the molecule is CC(C)NC(=O)Nc1ccc(-c2c(C#N)c3ccc(OC4CCOCC4)cc3n2C2CC2)cc1. The Balaban J connectivity index is 1.49. The van der Waals surface area contributed by atoms with Crippen molar-refractivity contribution in [3.05, 3.63) is 48.0 Å². The van der Waals surface area contributed by atoms with Crippen LogP contribution >= 0.6 is 0 Å². The second-order valence-corrected chi connectivity index (χ2v) is 9.38. The summed E-state index contributed by atoms with van der Waals surface area (Å²) in [6.07, 6.45) is 4.15. The van der Waals surface area contributed by atoms with E-state index in [1.165, 1.54) is 0 Å². The topological polar surface area (TPSA) is 88.3 Å². The number of rotatable bonds is 6. The van der Waals surface area contributed by atoms with Crippen molar-refractivity contribution in [1.29, 1.82) is 5.26 Å². The first kappa shape index (κ1) is 22.3. The Hall–Kier alpha value is -3.50. The van der Waals surface area contributed by atoms with E-state index in [0.717, 1.165) is 66.8 Å². The van der Waals surface area contributed by atoms with Gasteiger partial charge in [0.25, 0.3) is 0 Å². The number of benzene rings is 2. The summed E-state index contributed by atoms with van der Waals surface area (Å²) < 4.78 is 14.0. The Kier molecular flexibility index (Phi) is 6.16. The molecule has 0 radical (unpaired) electrons. The lowest BCUT2D eigenvalue weighted by atomic mass is 10.1. The third kappa shape index (κ3) is 4.59. The van der Waals surface area contributed by atoms with E-state index in [-0.39, 0.29) is 18.2 Å². The summed E-state index contributed by atoms with van der Waals surface area (Å²) in [5, 5.41) is 16.7. The molecule has 34 heavy (non-hydrogen) atoms. The van der Waals surface area contributed by atoms with Crippen molar-refractivity contribution in [3.63, 3.8) is 0 Å². The zero-order valence-corrected chi connectivity index (χ0v) is 19.6. The molecule has 0 atom stereocenters. The molecule has 2 aliphatic rings. The van der Waals surface area contributed by atoms with Crippen LogP contribution < -0.4 is 15.4 Å². The van der Waals surface area contributed by atoms with Crippen LogP contribution in [-0.4, -0.2) is 36.0 Å². The lowest BCUT2D eigenvalue weighted by Gasteiger charge is -2.23. The lowest BCUT2D eigenvalue weighted by molar-refractivity contribution is 0.0256. The number of fused-ring (bicyclic) bond motifs is 1. The van der Waals surface area contributed by atoms with Crippen molar-refractivity contribution in [1.82, 2.24) is 9.88 Å². The number of amides is 2. The Morgan fingerprint density at radius 1 is 1.12 bits per heavy atom. The highest BCUT2D eigenvalue weighted by molar-refractivity contribution is 5.96. The molecule has 1 saturated carbocycles. The fourth-order valence-corrected chi connectivity index (χ4v) is 4.60. The van der Waals surface area contributed by atoms with Gasteiger partial charge in [0, 0.05) is 42.1 Å². The third-order valence-electron chi connectivity index (χ3n) is 6.31. The molecule has 1 aliphatic carbocycles. The van der Waals surface area contributed by atoms with Crippen LogP contribution in [0.5, 0.6) is 5.75 Å². The zero-order chi connectivity index (χ0) is 23.7. The number of hydrogen-bond acceptors (Lipinski definition) is 4. The Morgan fingerprint density at radius 3 is 2.50 bits per heavy atom. The molecule has 0 spiro atoms. The van der Waals surface area contributed by atoms with Gasteiger partial charge in [-0.2, -0.15) is 5.26 Å². The molecule has 2 heterocycles. The predicted octanol–water partition coefficient (Wildman–Crippen LogP) is 5.60. The largest absolute Gasteiger partial charge is 0.490 e. The maximum absolute atomic E-state index is 12.0. The van der Waals surface area contributed by atoms with Gasteiger partial charge in [-0.1, -0.05) is 12.1 Å². The molecular weight excluding hydrogens is 428 g/mol. The lowest BCUT2D eigenvalue weighted by Crippen LogP contribution is -2.34. The zero-order valence-electron chi connectivity index (χ0n) is 19.6. The van der Waals surface area contributed by atoms with E-state index in [4.69, 9.17) is 9.47 Å². The number of nitrogens with one attached hydrogen (secondary N) is 2. The van der Waals surface area contributed by atoms with Crippen LogP contribution in [0.25, 0.3) is 22.2 Å². The second-order valence-electron chi connectivity index (χ2n) is 9.38. The number of aromatic nitrogens is 1. The minimum absolute atomic E-state index is 0.0621. The number of nitrogens with zero attached hydrogens (tertiary/aromatic N) is 2. The fourth-order valence-electron chi connectivity index (χ4n) is 4.60. The molecular formula is C27H30N4O3. The van der Waals surface area contributed by atoms with Crippen LogP contribution in [0.2, 0.25) is 0 Å². The van der Waals surface area contributed by atoms with Gasteiger partial charge in [-0.15, -0.1) is 0 Å². The van der Waals surface area contributed by atoms with Gasteiger partial charge in [-0.05, 0) is 56.5 Å². The molecule has 0 bridgehead atoms. The van der Waals surface area contributed by atoms with Gasteiger partial charge in [0.15, 0.2) is 0 Å². The van der Waals surface area contributed by atoms with Crippen LogP contribution in [0.1, 0.15) is 51.1 Å². The summed E-state index contributed by atoms with van der Waals surface area (Å²) in [6, 6.07) is 16.4. The molecule has 1 aromatic heterocycles. The molecule has 2 N–H and O–H groups in total. The van der Waals surface area contributed by atoms with Gasteiger partial charge in [0.05, 0.1) is 30.0 Å². The molecule has 2 amide bonds. The van der Waals surface area contributed by atoms with Crippen LogP contribution in [0.15, 0.2) is 42.5 Å². The fraction of sp³-hybridized carbons (Fsp3) is 0.407. The molecule has 7 heteroatoms. The van der Waals surface area contributed by atoms with Gasteiger partial charge in [0.2, 0.25) is 0 Å². The van der Waals surface area contributed by atoms with Gasteiger partial charge in [-0.3, -0.25) is 0 Å². The smallest absolute Gasteiger partial charge is 0.319 e. The summed E-state index contributed by atoms with van der Waals surface area (Å²) in [5.41, 5.74) is 4.32. The Bertz CT molecular complexity index is 1230. The standard InChI is InChI=1S/C27H30N4O3/c1-17(2)29-27(32)30-19-5-3-18(4-6-19)26-24(16-28)23-10-9-22(34-21-11-13-33-14-12-21)15-25(23)31(26)20-7-8-20/h3-6,9-10,15,17,20-21H,7-8,11-14H2,1-2H3,(H2,29,30,32). The summed E-state index contributed by atoms with van der Waals surface area (Å²) >= 11 is 0. The quantitative estimate of drug-likeness (QED) is 0.503. The third-order valence-corrected chi connectivity index (χ3v) is 6.31. The van der Waals surface area contributed by atoms with E-state index in [9.17, 15) is 10.1 Å². The maximum Gasteiger partial charge on any atom is 0.319 e. The normalized spacial score (nSPS) is 16.4. The highest BCUT2D eigenvalue weighted by Gasteiger charge is 2.31. The van der Waals surface area contributed by atoms with Crippen LogP contribution in [-0.2, 0) is 4.74 Å². The number of urea groups is 1. The van der Waals surface area contributed by atoms with Crippen LogP contribution in [0.3, 0.4) is 0 Å². The Morgan fingerprint density at radius 2 is 1.85 bits per heavy atom. The van der Waals surface area contributed by atoms with E-state index in [0.29, 0.717) is 17.3 Å². The first-order valence-electron chi connectivity index (χ1n) is 12.0. The average molecular weight is 459 g/mol. The molecule has 176 valence electrons. The summed E-state index contributed by atoms with van der Waals surface area (Å²) in [5.74, 6) is 0.838. The average Bonchev–Trinajstić information content (AvgIpc) is 3.61. The number of ether oxygens (including phenoxy) is 2. The van der Waals surface area contributed by atoms with Gasteiger partial charge >= 0.3 is 6.03 Å². The van der Waals surface area contributed by atoms with Crippen molar-refractivity contribution in [2.75, 3.05) is 18.5 Å². The Labute approximate surface area is 199 Å². The molecule has 1 aliphatic heterocycles. The van der Waals surface area contributed by atoms with E-state index in [1.54, 1.807) is 0 Å². The monoisotopic (exact) mass is 458 g/mol. The molecule has 5 rings (SSSR count). The van der Waals surface area contributed by atoms with Gasteiger partial charge in [-0.25, -0.2) is 4.79 Å². The van der Waals surface area contributed by atoms with E-state index >= 15 is 0 Å². The van der Waals surface area contributed by atoms with Crippen molar-refractivity contribution < 1.29 is 14.3 Å². The first-order valence-corrected chi connectivity index (χ1v) is 12.0. The number of carbonyl (C=O) groups excluding carboxylic acids is 1. The molecule has 2 aromatic carbocycles. The predicted molar refractivity (Wildman–Crippen MR) is 132 cm³/mol. The minimum Gasteiger partial charge on any atom is -0.490 e. The summed E-state index contributed by atoms with van der Waals surface area (Å²) in [4.78, 5) is 12.0. The maximum atomic E-state index is 12.0. The van der Waals surface area contributed by atoms with Crippen LogP contribution in [0, 0.1) is 11.3 Å². The van der Waals surface area contributed by atoms with Gasteiger partial charge < -0.3 is 24.7 Å². The number of carbonyl (C=O) groups is 1.